The quantitative estimate of drug-likeness (QED) is 0.504. The monoisotopic (exact) mass is 260 g/mol. The first-order valence-corrected chi connectivity index (χ1v) is 6.39. The van der Waals surface area contributed by atoms with Gasteiger partial charge < -0.3 is 20.9 Å². The number of nitrogens with one attached hydrogen (secondary N) is 1. The molecule has 1 amide bonds. The van der Waals surface area contributed by atoms with Crippen molar-refractivity contribution in [2.45, 2.75) is 51.7 Å². The van der Waals surface area contributed by atoms with Gasteiger partial charge in [0.25, 0.3) is 0 Å². The minimum absolute atomic E-state index is 0.0937. The lowest BCUT2D eigenvalue weighted by Crippen LogP contribution is -2.46. The maximum absolute atomic E-state index is 11.5. The first-order valence-electron chi connectivity index (χ1n) is 6.39. The van der Waals surface area contributed by atoms with Gasteiger partial charge in [-0.05, 0) is 13.3 Å². The van der Waals surface area contributed by atoms with Crippen molar-refractivity contribution in [3.63, 3.8) is 0 Å². The lowest BCUT2D eigenvalue weighted by Gasteiger charge is -2.17. The van der Waals surface area contributed by atoms with Crippen molar-refractivity contribution >= 4 is 11.9 Å². The van der Waals surface area contributed by atoms with Crippen LogP contribution >= 0.6 is 0 Å². The van der Waals surface area contributed by atoms with Crippen molar-refractivity contribution in [1.29, 1.82) is 0 Å². The van der Waals surface area contributed by atoms with Crippen LogP contribution in [0, 0.1) is 0 Å². The van der Waals surface area contributed by atoms with Crippen LogP contribution in [0.1, 0.15) is 39.5 Å². The Balaban J connectivity index is 3.83. The van der Waals surface area contributed by atoms with Crippen LogP contribution in [0.4, 0.5) is 0 Å². The van der Waals surface area contributed by atoms with E-state index in [4.69, 9.17) is 10.5 Å². The molecule has 18 heavy (non-hydrogen) atoms. The molecule has 0 saturated carbocycles. The van der Waals surface area contributed by atoms with Gasteiger partial charge in [0.15, 0.2) is 0 Å². The summed E-state index contributed by atoms with van der Waals surface area (Å²) in [4.78, 5) is 22.5. The lowest BCUT2D eigenvalue weighted by atomic mass is 10.0. The number of nitrogens with two attached hydrogens (primary N) is 1. The average molecular weight is 260 g/mol. The summed E-state index contributed by atoms with van der Waals surface area (Å²) in [5, 5.41) is 12.1. The maximum Gasteiger partial charge on any atom is 0.307 e. The van der Waals surface area contributed by atoms with E-state index in [0.717, 1.165) is 12.8 Å². The first-order chi connectivity index (χ1) is 8.52. The SMILES string of the molecule is CCCCC(N)C(O)C(=O)NCCC(=O)OCC. The van der Waals surface area contributed by atoms with Crippen LogP contribution in [0.3, 0.4) is 0 Å². The minimum Gasteiger partial charge on any atom is -0.466 e. The molecule has 0 saturated heterocycles. The molecule has 0 aromatic heterocycles. The highest BCUT2D eigenvalue weighted by Gasteiger charge is 2.22. The van der Waals surface area contributed by atoms with Gasteiger partial charge in [-0.15, -0.1) is 0 Å². The fraction of sp³-hybridized carbons (Fsp3) is 0.833. The summed E-state index contributed by atoms with van der Waals surface area (Å²) in [6, 6.07) is -0.562. The van der Waals surface area contributed by atoms with Crippen molar-refractivity contribution < 1.29 is 19.4 Å². The molecular weight excluding hydrogens is 236 g/mol. The van der Waals surface area contributed by atoms with Crippen molar-refractivity contribution in [1.82, 2.24) is 5.32 Å². The van der Waals surface area contributed by atoms with E-state index in [0.29, 0.717) is 13.0 Å². The van der Waals surface area contributed by atoms with Crippen molar-refractivity contribution in [3.05, 3.63) is 0 Å². The lowest BCUT2D eigenvalue weighted by molar-refractivity contribution is -0.143. The largest absolute Gasteiger partial charge is 0.466 e. The van der Waals surface area contributed by atoms with Gasteiger partial charge in [-0.1, -0.05) is 19.8 Å². The Morgan fingerprint density at radius 1 is 1.39 bits per heavy atom. The summed E-state index contributed by atoms with van der Waals surface area (Å²) < 4.78 is 4.71. The zero-order valence-electron chi connectivity index (χ0n) is 11.1. The van der Waals surface area contributed by atoms with Crippen LogP contribution in [0.25, 0.3) is 0 Å². The molecule has 6 heteroatoms. The second kappa shape index (κ2) is 9.85. The van der Waals surface area contributed by atoms with E-state index in [1.807, 2.05) is 6.92 Å². The van der Waals surface area contributed by atoms with E-state index >= 15 is 0 Å². The minimum atomic E-state index is -1.22. The average Bonchev–Trinajstić information content (AvgIpc) is 2.35. The number of amides is 1. The van der Waals surface area contributed by atoms with Gasteiger partial charge in [-0.2, -0.15) is 0 Å². The summed E-state index contributed by atoms with van der Waals surface area (Å²) in [7, 11) is 0. The molecule has 0 aromatic carbocycles. The number of rotatable bonds is 9. The second-order valence-corrected chi connectivity index (χ2v) is 4.10. The van der Waals surface area contributed by atoms with E-state index in [2.05, 4.69) is 5.32 Å². The Morgan fingerprint density at radius 3 is 2.61 bits per heavy atom. The van der Waals surface area contributed by atoms with Crippen LogP contribution in [0.15, 0.2) is 0 Å². The van der Waals surface area contributed by atoms with Gasteiger partial charge in [0.05, 0.1) is 13.0 Å². The Kier molecular flexibility index (Phi) is 9.22. The number of unbranched alkanes of at least 4 members (excludes halogenated alkanes) is 1. The van der Waals surface area contributed by atoms with Crippen LogP contribution < -0.4 is 11.1 Å². The second-order valence-electron chi connectivity index (χ2n) is 4.10. The highest BCUT2D eigenvalue weighted by atomic mass is 16.5. The van der Waals surface area contributed by atoms with Crippen molar-refractivity contribution in [2.75, 3.05) is 13.2 Å². The number of carbonyl (C=O) groups excluding carboxylic acids is 2. The molecule has 6 nitrogen and oxygen atoms in total. The van der Waals surface area contributed by atoms with Crippen LogP contribution in [-0.4, -0.2) is 42.3 Å². The Morgan fingerprint density at radius 2 is 2.06 bits per heavy atom. The van der Waals surface area contributed by atoms with Gasteiger partial charge in [0.1, 0.15) is 6.10 Å². The molecular formula is C12H24N2O4. The third-order valence-electron chi connectivity index (χ3n) is 2.50. The summed E-state index contributed by atoms with van der Waals surface area (Å²) >= 11 is 0. The molecule has 0 aliphatic heterocycles. The topological polar surface area (TPSA) is 102 Å². The Labute approximate surface area is 108 Å². The third kappa shape index (κ3) is 7.24. The number of hydrogen-bond donors (Lipinski definition) is 3. The van der Waals surface area contributed by atoms with E-state index in [9.17, 15) is 14.7 Å². The van der Waals surface area contributed by atoms with E-state index in [1.54, 1.807) is 6.92 Å². The molecule has 2 atom stereocenters. The number of ether oxygens (including phenoxy) is 1. The summed E-state index contributed by atoms with van der Waals surface area (Å²) in [6.07, 6.45) is 1.30. The van der Waals surface area contributed by atoms with Crippen LogP contribution in [-0.2, 0) is 14.3 Å². The molecule has 2 unspecified atom stereocenters. The van der Waals surface area contributed by atoms with Crippen molar-refractivity contribution in [3.8, 4) is 0 Å². The molecule has 0 spiro atoms. The molecule has 106 valence electrons. The highest BCUT2D eigenvalue weighted by molar-refractivity contribution is 5.81. The fourth-order valence-electron chi connectivity index (χ4n) is 1.42. The van der Waals surface area contributed by atoms with E-state index in [-0.39, 0.29) is 18.9 Å². The molecule has 0 aromatic rings. The number of aliphatic hydroxyl groups excluding tert-OH is 1. The highest BCUT2D eigenvalue weighted by Crippen LogP contribution is 2.02. The van der Waals surface area contributed by atoms with E-state index in [1.165, 1.54) is 0 Å². The molecule has 0 rings (SSSR count). The molecule has 0 aliphatic rings. The fourth-order valence-corrected chi connectivity index (χ4v) is 1.42. The molecule has 0 aliphatic carbocycles. The van der Waals surface area contributed by atoms with Crippen molar-refractivity contribution in [2.24, 2.45) is 5.73 Å². The number of aliphatic hydroxyl groups is 1. The molecule has 4 N–H and O–H groups in total. The molecule has 0 radical (unpaired) electrons. The van der Waals surface area contributed by atoms with Gasteiger partial charge in [0.2, 0.25) is 5.91 Å². The standard InChI is InChI=1S/C12H24N2O4/c1-3-5-6-9(13)11(16)12(17)14-8-7-10(15)18-4-2/h9,11,16H,3-8,13H2,1-2H3,(H,14,17). The Bertz CT molecular complexity index is 258. The number of hydrogen-bond acceptors (Lipinski definition) is 5. The summed E-state index contributed by atoms with van der Waals surface area (Å²) in [5.41, 5.74) is 5.68. The van der Waals surface area contributed by atoms with Crippen LogP contribution in [0.5, 0.6) is 0 Å². The van der Waals surface area contributed by atoms with Gasteiger partial charge >= 0.3 is 5.97 Å². The first kappa shape index (κ1) is 16.9. The van der Waals surface area contributed by atoms with Crippen LogP contribution in [0.2, 0.25) is 0 Å². The maximum atomic E-state index is 11.5. The zero-order valence-corrected chi connectivity index (χ0v) is 11.1. The number of carbonyl (C=O) groups is 2. The predicted octanol–water partition coefficient (Wildman–Crippen LogP) is -0.0658. The van der Waals surface area contributed by atoms with Gasteiger partial charge in [-0.25, -0.2) is 0 Å². The third-order valence-corrected chi connectivity index (χ3v) is 2.50. The van der Waals surface area contributed by atoms with E-state index < -0.39 is 18.1 Å². The smallest absolute Gasteiger partial charge is 0.307 e. The van der Waals surface area contributed by atoms with Gasteiger partial charge in [0, 0.05) is 12.6 Å². The molecule has 0 heterocycles. The normalized spacial score (nSPS) is 13.8. The predicted molar refractivity (Wildman–Crippen MR) is 67.8 cm³/mol. The molecule has 0 bridgehead atoms. The zero-order chi connectivity index (χ0) is 14.0. The Hall–Kier alpha value is -1.14. The molecule has 0 fully saturated rings. The number of esters is 1. The summed E-state index contributed by atoms with van der Waals surface area (Å²) in [6.45, 7) is 4.19. The summed E-state index contributed by atoms with van der Waals surface area (Å²) in [5.74, 6) is -0.912. The van der Waals surface area contributed by atoms with Gasteiger partial charge in [-0.3, -0.25) is 9.59 Å².